The summed E-state index contributed by atoms with van der Waals surface area (Å²) in [5, 5.41) is 12.3. The van der Waals surface area contributed by atoms with Crippen LogP contribution in [0.4, 0.5) is 5.82 Å². The highest BCUT2D eigenvalue weighted by atomic mass is 16.5. The minimum Gasteiger partial charge on any atom is -0.477 e. The molecule has 2 aromatic heterocycles. The SMILES string of the molecule is O=C(O)c1cccc(N[C@@H]2CCO[C@@H](c3ccccn3)C2)n1. The lowest BCUT2D eigenvalue weighted by atomic mass is 10.0. The molecule has 0 spiro atoms. The van der Waals surface area contributed by atoms with Crippen LogP contribution in [0.25, 0.3) is 0 Å². The second-order valence-electron chi connectivity index (χ2n) is 5.19. The quantitative estimate of drug-likeness (QED) is 0.902. The summed E-state index contributed by atoms with van der Waals surface area (Å²) in [4.78, 5) is 19.4. The molecule has 3 heterocycles. The molecule has 0 bridgehead atoms. The third-order valence-corrected chi connectivity index (χ3v) is 3.62. The Hall–Kier alpha value is -2.47. The molecule has 3 rings (SSSR count). The number of anilines is 1. The van der Waals surface area contributed by atoms with Crippen LogP contribution in [0.5, 0.6) is 0 Å². The fourth-order valence-corrected chi connectivity index (χ4v) is 2.54. The van der Waals surface area contributed by atoms with Crippen LogP contribution in [0.2, 0.25) is 0 Å². The average Bonchev–Trinajstić information content (AvgIpc) is 2.56. The first-order chi connectivity index (χ1) is 10.7. The number of carboxylic acid groups (broad SMARTS) is 1. The zero-order valence-corrected chi connectivity index (χ0v) is 12.0. The standard InChI is InChI=1S/C16H17N3O3/c20-16(21)13-5-3-6-15(19-13)18-11-7-9-22-14(10-11)12-4-1-2-8-17-12/h1-6,8,11,14H,7,9-10H2,(H,18,19)(H,20,21)/t11-,14-/m1/s1. The van der Waals surface area contributed by atoms with Crippen molar-refractivity contribution in [2.75, 3.05) is 11.9 Å². The molecule has 1 fully saturated rings. The van der Waals surface area contributed by atoms with Crippen LogP contribution in [0.3, 0.4) is 0 Å². The number of carboxylic acids is 1. The monoisotopic (exact) mass is 299 g/mol. The lowest BCUT2D eigenvalue weighted by Crippen LogP contribution is -2.30. The summed E-state index contributed by atoms with van der Waals surface area (Å²) in [5.74, 6) is -0.450. The number of hydrogen-bond donors (Lipinski definition) is 2. The van der Waals surface area contributed by atoms with Crippen molar-refractivity contribution in [3.8, 4) is 0 Å². The molecule has 2 aromatic rings. The smallest absolute Gasteiger partial charge is 0.354 e. The van der Waals surface area contributed by atoms with Crippen molar-refractivity contribution in [1.29, 1.82) is 0 Å². The Morgan fingerprint density at radius 3 is 2.95 bits per heavy atom. The van der Waals surface area contributed by atoms with Gasteiger partial charge in [-0.05, 0) is 37.1 Å². The Balaban J connectivity index is 1.68. The van der Waals surface area contributed by atoms with E-state index >= 15 is 0 Å². The van der Waals surface area contributed by atoms with Crippen molar-refractivity contribution >= 4 is 11.8 Å². The van der Waals surface area contributed by atoms with E-state index in [9.17, 15) is 4.79 Å². The van der Waals surface area contributed by atoms with Crippen molar-refractivity contribution in [3.63, 3.8) is 0 Å². The molecule has 6 heteroatoms. The molecule has 2 atom stereocenters. The Bertz CT molecular complexity index is 648. The molecule has 1 saturated heterocycles. The minimum atomic E-state index is -1.03. The number of carbonyl (C=O) groups is 1. The van der Waals surface area contributed by atoms with Gasteiger partial charge in [-0.25, -0.2) is 9.78 Å². The van der Waals surface area contributed by atoms with Gasteiger partial charge >= 0.3 is 5.97 Å². The van der Waals surface area contributed by atoms with Gasteiger partial charge in [0.1, 0.15) is 11.9 Å². The molecule has 22 heavy (non-hydrogen) atoms. The van der Waals surface area contributed by atoms with Crippen LogP contribution in [-0.2, 0) is 4.74 Å². The molecule has 1 aliphatic rings. The zero-order valence-electron chi connectivity index (χ0n) is 12.0. The predicted octanol–water partition coefficient (Wildman–Crippen LogP) is 2.51. The van der Waals surface area contributed by atoms with Gasteiger partial charge in [0, 0.05) is 18.8 Å². The van der Waals surface area contributed by atoms with Gasteiger partial charge in [0.05, 0.1) is 5.69 Å². The van der Waals surface area contributed by atoms with Crippen LogP contribution in [0.1, 0.15) is 35.1 Å². The number of nitrogens with one attached hydrogen (secondary N) is 1. The highest BCUT2D eigenvalue weighted by Gasteiger charge is 2.25. The average molecular weight is 299 g/mol. The first-order valence-electron chi connectivity index (χ1n) is 7.22. The molecule has 0 amide bonds. The maximum atomic E-state index is 11.0. The summed E-state index contributed by atoms with van der Waals surface area (Å²) in [7, 11) is 0. The molecule has 0 radical (unpaired) electrons. The Kier molecular flexibility index (Phi) is 4.29. The van der Waals surface area contributed by atoms with E-state index < -0.39 is 5.97 Å². The largest absolute Gasteiger partial charge is 0.477 e. The fraction of sp³-hybridized carbons (Fsp3) is 0.312. The lowest BCUT2D eigenvalue weighted by molar-refractivity contribution is 0.00716. The summed E-state index contributed by atoms with van der Waals surface area (Å²) in [6.45, 7) is 0.636. The van der Waals surface area contributed by atoms with Crippen molar-refractivity contribution in [2.45, 2.75) is 25.0 Å². The summed E-state index contributed by atoms with van der Waals surface area (Å²) in [5.41, 5.74) is 0.958. The number of rotatable bonds is 4. The molecular weight excluding hydrogens is 282 g/mol. The normalized spacial score (nSPS) is 21.3. The first kappa shape index (κ1) is 14.5. The van der Waals surface area contributed by atoms with Crippen LogP contribution >= 0.6 is 0 Å². The Morgan fingerprint density at radius 2 is 2.18 bits per heavy atom. The van der Waals surface area contributed by atoms with E-state index in [1.54, 1.807) is 18.3 Å². The lowest BCUT2D eigenvalue weighted by Gasteiger charge is -2.30. The van der Waals surface area contributed by atoms with Gasteiger partial charge in [0.25, 0.3) is 0 Å². The molecule has 0 aliphatic carbocycles. The molecule has 0 saturated carbocycles. The third kappa shape index (κ3) is 3.40. The predicted molar refractivity (Wildman–Crippen MR) is 80.8 cm³/mol. The molecule has 114 valence electrons. The third-order valence-electron chi connectivity index (χ3n) is 3.62. The van der Waals surface area contributed by atoms with E-state index in [-0.39, 0.29) is 17.8 Å². The molecule has 0 unspecified atom stereocenters. The number of hydrogen-bond acceptors (Lipinski definition) is 5. The fourth-order valence-electron chi connectivity index (χ4n) is 2.54. The molecule has 1 aliphatic heterocycles. The number of pyridine rings is 2. The summed E-state index contributed by atoms with van der Waals surface area (Å²) >= 11 is 0. The van der Waals surface area contributed by atoms with Gasteiger partial charge in [0.2, 0.25) is 0 Å². The number of aromatic carboxylic acids is 1. The molecule has 6 nitrogen and oxygen atoms in total. The van der Waals surface area contributed by atoms with Gasteiger partial charge in [-0.2, -0.15) is 0 Å². The van der Waals surface area contributed by atoms with E-state index in [4.69, 9.17) is 9.84 Å². The van der Waals surface area contributed by atoms with Crippen molar-refractivity contribution < 1.29 is 14.6 Å². The van der Waals surface area contributed by atoms with Crippen LogP contribution in [0.15, 0.2) is 42.6 Å². The molecule has 2 N–H and O–H groups in total. The molecule has 0 aromatic carbocycles. The van der Waals surface area contributed by atoms with E-state index in [2.05, 4.69) is 15.3 Å². The minimum absolute atomic E-state index is 0.0401. The van der Waals surface area contributed by atoms with Gasteiger partial charge in [-0.15, -0.1) is 0 Å². The highest BCUT2D eigenvalue weighted by molar-refractivity contribution is 5.85. The van der Waals surface area contributed by atoms with Gasteiger partial charge in [0.15, 0.2) is 5.69 Å². The van der Waals surface area contributed by atoms with Crippen LogP contribution in [0, 0.1) is 0 Å². The molecular formula is C16H17N3O3. The van der Waals surface area contributed by atoms with E-state index in [1.165, 1.54) is 6.07 Å². The van der Waals surface area contributed by atoms with Crippen molar-refractivity contribution in [2.24, 2.45) is 0 Å². The topological polar surface area (TPSA) is 84.3 Å². The van der Waals surface area contributed by atoms with Crippen molar-refractivity contribution in [1.82, 2.24) is 9.97 Å². The highest BCUT2D eigenvalue weighted by Crippen LogP contribution is 2.28. The summed E-state index contributed by atoms with van der Waals surface area (Å²) in [6, 6.07) is 10.9. The summed E-state index contributed by atoms with van der Waals surface area (Å²) in [6.07, 6.45) is 3.33. The van der Waals surface area contributed by atoms with Gasteiger partial charge in [-0.3, -0.25) is 4.98 Å². The van der Waals surface area contributed by atoms with Crippen molar-refractivity contribution in [3.05, 3.63) is 54.0 Å². The van der Waals surface area contributed by atoms with Gasteiger partial charge in [-0.1, -0.05) is 12.1 Å². The maximum absolute atomic E-state index is 11.0. The number of ether oxygens (including phenoxy) is 1. The van der Waals surface area contributed by atoms with Crippen LogP contribution in [-0.4, -0.2) is 33.7 Å². The summed E-state index contributed by atoms with van der Waals surface area (Å²) < 4.78 is 5.78. The zero-order chi connectivity index (χ0) is 15.4. The maximum Gasteiger partial charge on any atom is 0.354 e. The second kappa shape index (κ2) is 6.53. The van der Waals surface area contributed by atoms with E-state index in [1.807, 2.05) is 18.2 Å². The Morgan fingerprint density at radius 1 is 1.27 bits per heavy atom. The van der Waals surface area contributed by atoms with E-state index in [0.29, 0.717) is 12.4 Å². The van der Waals surface area contributed by atoms with Gasteiger partial charge < -0.3 is 15.2 Å². The first-order valence-corrected chi connectivity index (χ1v) is 7.22. The van der Waals surface area contributed by atoms with E-state index in [0.717, 1.165) is 18.5 Å². The van der Waals surface area contributed by atoms with Crippen LogP contribution < -0.4 is 5.32 Å². The second-order valence-corrected chi connectivity index (χ2v) is 5.19. The Labute approximate surface area is 128 Å². The number of nitrogens with zero attached hydrogens (tertiary/aromatic N) is 2. The number of aromatic nitrogens is 2.